The SMILES string of the molecule is Cc1cc(C)c2[nH]c(-c3cccc(Oc4ccccc4)c3)c(CC(=O)O)c2c1. The molecule has 4 rings (SSSR count). The molecule has 0 amide bonds. The van der Waals surface area contributed by atoms with Crippen LogP contribution in [0.25, 0.3) is 22.2 Å². The number of hydrogen-bond acceptors (Lipinski definition) is 2. The number of hydrogen-bond donors (Lipinski definition) is 2. The van der Waals surface area contributed by atoms with Gasteiger partial charge in [0.15, 0.2) is 0 Å². The third-order valence-corrected chi connectivity index (χ3v) is 4.79. The number of aryl methyl sites for hydroxylation is 2. The molecule has 0 radical (unpaired) electrons. The zero-order valence-electron chi connectivity index (χ0n) is 15.8. The standard InChI is InChI=1S/C24H21NO3/c1-15-11-16(2)23-20(12-15)21(14-22(26)27)24(25-23)17-7-6-10-19(13-17)28-18-8-4-3-5-9-18/h3-13,25H,14H2,1-2H3,(H,26,27). The van der Waals surface area contributed by atoms with Crippen LogP contribution >= 0.6 is 0 Å². The number of aromatic amines is 1. The van der Waals surface area contributed by atoms with Crippen LogP contribution in [0.3, 0.4) is 0 Å². The third-order valence-electron chi connectivity index (χ3n) is 4.79. The topological polar surface area (TPSA) is 62.3 Å². The van der Waals surface area contributed by atoms with Gasteiger partial charge in [0.05, 0.1) is 12.1 Å². The Morgan fingerprint density at radius 1 is 0.964 bits per heavy atom. The van der Waals surface area contributed by atoms with Crippen molar-refractivity contribution in [3.05, 3.63) is 83.4 Å². The Kier molecular flexibility index (Phi) is 4.62. The summed E-state index contributed by atoms with van der Waals surface area (Å²) < 4.78 is 5.95. The summed E-state index contributed by atoms with van der Waals surface area (Å²) in [5, 5.41) is 10.4. The van der Waals surface area contributed by atoms with Crippen LogP contribution < -0.4 is 4.74 Å². The summed E-state index contributed by atoms with van der Waals surface area (Å²) in [6.07, 6.45) is -0.0397. The minimum absolute atomic E-state index is 0.0397. The number of carboxylic acid groups (broad SMARTS) is 1. The zero-order valence-corrected chi connectivity index (χ0v) is 15.8. The quantitative estimate of drug-likeness (QED) is 0.461. The van der Waals surface area contributed by atoms with Crippen molar-refractivity contribution in [2.24, 2.45) is 0 Å². The molecule has 4 heteroatoms. The minimum atomic E-state index is -0.849. The Morgan fingerprint density at radius 3 is 2.46 bits per heavy atom. The van der Waals surface area contributed by atoms with Gasteiger partial charge < -0.3 is 14.8 Å². The second-order valence-corrected chi connectivity index (χ2v) is 7.00. The van der Waals surface area contributed by atoms with Gasteiger partial charge >= 0.3 is 5.97 Å². The van der Waals surface area contributed by atoms with E-state index in [1.54, 1.807) is 0 Å². The molecule has 0 aliphatic rings. The fourth-order valence-electron chi connectivity index (χ4n) is 3.63. The first-order valence-corrected chi connectivity index (χ1v) is 9.18. The Hall–Kier alpha value is -3.53. The van der Waals surface area contributed by atoms with Crippen LogP contribution in [0.5, 0.6) is 11.5 Å². The summed E-state index contributed by atoms with van der Waals surface area (Å²) in [5.41, 5.74) is 5.72. The molecule has 0 spiro atoms. The van der Waals surface area contributed by atoms with Crippen LogP contribution in [-0.4, -0.2) is 16.1 Å². The summed E-state index contributed by atoms with van der Waals surface area (Å²) in [4.78, 5) is 15.0. The van der Waals surface area contributed by atoms with Gasteiger partial charge in [0, 0.05) is 16.5 Å². The molecule has 1 aromatic heterocycles. The number of fused-ring (bicyclic) bond motifs is 1. The molecule has 28 heavy (non-hydrogen) atoms. The number of carbonyl (C=O) groups is 1. The molecule has 0 bridgehead atoms. The summed E-state index contributed by atoms with van der Waals surface area (Å²) in [6.45, 7) is 4.06. The Morgan fingerprint density at radius 2 is 1.71 bits per heavy atom. The van der Waals surface area contributed by atoms with Crippen molar-refractivity contribution in [1.82, 2.24) is 4.98 Å². The van der Waals surface area contributed by atoms with Gasteiger partial charge in [-0.05, 0) is 55.3 Å². The van der Waals surface area contributed by atoms with Crippen LogP contribution in [0.15, 0.2) is 66.7 Å². The molecule has 140 valence electrons. The molecule has 1 heterocycles. The van der Waals surface area contributed by atoms with E-state index in [0.717, 1.165) is 44.6 Å². The second-order valence-electron chi connectivity index (χ2n) is 7.00. The highest BCUT2D eigenvalue weighted by Gasteiger charge is 2.18. The van der Waals surface area contributed by atoms with E-state index in [9.17, 15) is 9.90 Å². The van der Waals surface area contributed by atoms with Crippen molar-refractivity contribution >= 4 is 16.9 Å². The van der Waals surface area contributed by atoms with E-state index in [0.29, 0.717) is 5.75 Å². The van der Waals surface area contributed by atoms with Crippen LogP contribution in [0.4, 0.5) is 0 Å². The van der Waals surface area contributed by atoms with Gasteiger partial charge in [-0.3, -0.25) is 4.79 Å². The van der Waals surface area contributed by atoms with E-state index in [1.165, 1.54) is 0 Å². The van der Waals surface area contributed by atoms with E-state index in [2.05, 4.69) is 11.1 Å². The highest BCUT2D eigenvalue weighted by Crippen LogP contribution is 2.35. The highest BCUT2D eigenvalue weighted by atomic mass is 16.5. The lowest BCUT2D eigenvalue weighted by molar-refractivity contribution is -0.136. The van der Waals surface area contributed by atoms with Gasteiger partial charge in [0.1, 0.15) is 11.5 Å². The van der Waals surface area contributed by atoms with Gasteiger partial charge in [0.2, 0.25) is 0 Å². The fraction of sp³-hybridized carbons (Fsp3) is 0.125. The van der Waals surface area contributed by atoms with E-state index in [1.807, 2.05) is 74.5 Å². The van der Waals surface area contributed by atoms with Gasteiger partial charge in [-0.25, -0.2) is 0 Å². The molecule has 2 N–H and O–H groups in total. The van der Waals surface area contributed by atoms with Crippen molar-refractivity contribution in [3.63, 3.8) is 0 Å². The lowest BCUT2D eigenvalue weighted by Crippen LogP contribution is -2.01. The van der Waals surface area contributed by atoms with Crippen molar-refractivity contribution < 1.29 is 14.6 Å². The van der Waals surface area contributed by atoms with Crippen molar-refractivity contribution in [1.29, 1.82) is 0 Å². The highest BCUT2D eigenvalue weighted by molar-refractivity contribution is 5.96. The van der Waals surface area contributed by atoms with Crippen molar-refractivity contribution in [2.75, 3.05) is 0 Å². The zero-order chi connectivity index (χ0) is 19.7. The van der Waals surface area contributed by atoms with Crippen molar-refractivity contribution in [3.8, 4) is 22.8 Å². The molecule has 0 aliphatic carbocycles. The molecule has 0 saturated carbocycles. The Balaban J connectivity index is 1.83. The maximum Gasteiger partial charge on any atom is 0.307 e. The number of nitrogens with one attached hydrogen (secondary N) is 1. The van der Waals surface area contributed by atoms with Crippen molar-refractivity contribution in [2.45, 2.75) is 20.3 Å². The average molecular weight is 371 g/mol. The predicted molar refractivity (Wildman–Crippen MR) is 111 cm³/mol. The fourth-order valence-corrected chi connectivity index (χ4v) is 3.63. The number of ether oxygens (including phenoxy) is 1. The Bertz CT molecular complexity index is 1160. The number of carboxylic acids is 1. The first-order valence-electron chi connectivity index (χ1n) is 9.18. The number of aliphatic carboxylic acids is 1. The van der Waals surface area contributed by atoms with Crippen LogP contribution in [0.1, 0.15) is 16.7 Å². The molecule has 0 atom stereocenters. The van der Waals surface area contributed by atoms with Crippen LogP contribution in [-0.2, 0) is 11.2 Å². The van der Waals surface area contributed by atoms with Gasteiger partial charge in [0.25, 0.3) is 0 Å². The van der Waals surface area contributed by atoms with E-state index in [4.69, 9.17) is 4.74 Å². The minimum Gasteiger partial charge on any atom is -0.481 e. The summed E-state index contributed by atoms with van der Waals surface area (Å²) in [5.74, 6) is 0.614. The summed E-state index contributed by atoms with van der Waals surface area (Å²) in [6, 6.07) is 21.5. The largest absolute Gasteiger partial charge is 0.481 e. The molecule has 4 aromatic rings. The molecule has 3 aromatic carbocycles. The average Bonchev–Trinajstić information content (AvgIpc) is 3.01. The molecular formula is C24H21NO3. The Labute approximate surface area is 163 Å². The molecule has 4 nitrogen and oxygen atoms in total. The third kappa shape index (κ3) is 3.49. The maximum absolute atomic E-state index is 11.5. The lowest BCUT2D eigenvalue weighted by atomic mass is 10.00. The number of para-hydroxylation sites is 1. The molecule has 0 unspecified atom stereocenters. The normalized spacial score (nSPS) is 10.9. The number of benzene rings is 3. The van der Waals surface area contributed by atoms with E-state index < -0.39 is 5.97 Å². The lowest BCUT2D eigenvalue weighted by Gasteiger charge is -2.08. The summed E-state index contributed by atoms with van der Waals surface area (Å²) in [7, 11) is 0. The van der Waals surface area contributed by atoms with Gasteiger partial charge in [-0.2, -0.15) is 0 Å². The second kappa shape index (κ2) is 7.24. The number of rotatable bonds is 5. The monoisotopic (exact) mass is 371 g/mol. The van der Waals surface area contributed by atoms with E-state index >= 15 is 0 Å². The predicted octanol–water partition coefficient (Wildman–Crippen LogP) is 5.87. The molecule has 0 fully saturated rings. The van der Waals surface area contributed by atoms with Crippen LogP contribution in [0.2, 0.25) is 0 Å². The first kappa shape index (κ1) is 17.9. The molecular weight excluding hydrogens is 350 g/mol. The first-order chi connectivity index (χ1) is 13.5. The molecule has 0 saturated heterocycles. The number of aromatic nitrogens is 1. The number of H-pyrrole nitrogens is 1. The van der Waals surface area contributed by atoms with E-state index in [-0.39, 0.29) is 6.42 Å². The maximum atomic E-state index is 11.5. The van der Waals surface area contributed by atoms with Gasteiger partial charge in [-0.15, -0.1) is 0 Å². The molecule has 0 aliphatic heterocycles. The summed E-state index contributed by atoms with van der Waals surface area (Å²) >= 11 is 0. The van der Waals surface area contributed by atoms with Gasteiger partial charge in [-0.1, -0.05) is 42.0 Å². The smallest absolute Gasteiger partial charge is 0.307 e. The van der Waals surface area contributed by atoms with Crippen LogP contribution in [0, 0.1) is 13.8 Å².